The van der Waals surface area contributed by atoms with Crippen molar-refractivity contribution in [3.05, 3.63) is 5.01 Å². The lowest BCUT2D eigenvalue weighted by molar-refractivity contribution is 0.116. The van der Waals surface area contributed by atoms with Gasteiger partial charge in [-0.25, -0.2) is 0 Å². The van der Waals surface area contributed by atoms with Gasteiger partial charge in [-0.05, 0) is 12.8 Å². The van der Waals surface area contributed by atoms with Gasteiger partial charge in [0.2, 0.25) is 5.13 Å². The Bertz CT molecular complexity index is 340. The lowest BCUT2D eigenvalue weighted by Gasteiger charge is -2.27. The minimum Gasteiger partial charge on any atom is -0.391 e. The molecule has 0 aliphatic heterocycles. The molecule has 0 aromatic carbocycles. The highest BCUT2D eigenvalue weighted by Gasteiger charge is 2.23. The minimum absolute atomic E-state index is 0.154. The van der Waals surface area contributed by atoms with E-state index in [1.54, 1.807) is 11.3 Å². The molecule has 0 saturated heterocycles. The van der Waals surface area contributed by atoms with Crippen molar-refractivity contribution >= 4 is 16.5 Å². The van der Waals surface area contributed by atoms with Crippen molar-refractivity contribution in [1.82, 2.24) is 10.2 Å². The van der Waals surface area contributed by atoms with Crippen LogP contribution in [0.2, 0.25) is 0 Å². The summed E-state index contributed by atoms with van der Waals surface area (Å²) in [5.74, 6) is 0.421. The second-order valence-corrected chi connectivity index (χ2v) is 5.71. The number of anilines is 1. The predicted octanol–water partition coefficient (Wildman–Crippen LogP) is 2.38. The number of aliphatic hydroxyl groups is 1. The molecule has 90 valence electrons. The fraction of sp³-hybridized carbons (Fsp3) is 0.818. The van der Waals surface area contributed by atoms with Gasteiger partial charge in [0, 0.05) is 5.92 Å². The van der Waals surface area contributed by atoms with Crippen molar-refractivity contribution in [3.8, 4) is 0 Å². The number of hydrogen-bond acceptors (Lipinski definition) is 5. The quantitative estimate of drug-likeness (QED) is 0.853. The van der Waals surface area contributed by atoms with Crippen LogP contribution in [-0.2, 0) is 0 Å². The van der Waals surface area contributed by atoms with E-state index in [-0.39, 0.29) is 12.1 Å². The summed E-state index contributed by atoms with van der Waals surface area (Å²) in [7, 11) is 0. The monoisotopic (exact) mass is 241 g/mol. The Balaban J connectivity index is 1.97. The highest BCUT2D eigenvalue weighted by molar-refractivity contribution is 7.15. The fourth-order valence-corrected chi connectivity index (χ4v) is 2.77. The number of aliphatic hydroxyl groups excluding tert-OH is 1. The van der Waals surface area contributed by atoms with Crippen molar-refractivity contribution < 1.29 is 5.11 Å². The largest absolute Gasteiger partial charge is 0.391 e. The maximum Gasteiger partial charge on any atom is 0.205 e. The first kappa shape index (κ1) is 11.8. The van der Waals surface area contributed by atoms with E-state index in [2.05, 4.69) is 29.4 Å². The number of nitrogens with zero attached hydrogens (tertiary/aromatic N) is 2. The lowest BCUT2D eigenvalue weighted by atomic mass is 9.93. The zero-order chi connectivity index (χ0) is 11.5. The van der Waals surface area contributed by atoms with E-state index >= 15 is 0 Å². The average molecular weight is 241 g/mol. The molecule has 0 bridgehead atoms. The van der Waals surface area contributed by atoms with Crippen LogP contribution in [0.15, 0.2) is 0 Å². The summed E-state index contributed by atoms with van der Waals surface area (Å²) < 4.78 is 0. The standard InChI is InChI=1S/C11H19N3OS/c1-7(2)10-13-14-11(16-10)12-8-5-3-4-6-9(8)15/h7-9,15H,3-6H2,1-2H3,(H,12,14)/t8-,9-/m0/s1. The summed E-state index contributed by atoms with van der Waals surface area (Å²) >= 11 is 1.59. The van der Waals surface area contributed by atoms with Crippen LogP contribution in [0.5, 0.6) is 0 Å². The summed E-state index contributed by atoms with van der Waals surface area (Å²) in [5, 5.41) is 23.3. The molecule has 1 fully saturated rings. The molecule has 2 N–H and O–H groups in total. The van der Waals surface area contributed by atoms with Crippen LogP contribution in [0.25, 0.3) is 0 Å². The van der Waals surface area contributed by atoms with Gasteiger partial charge in [0.25, 0.3) is 0 Å². The SMILES string of the molecule is CC(C)c1nnc(N[C@H]2CCCC[C@@H]2O)s1. The predicted molar refractivity (Wildman–Crippen MR) is 65.9 cm³/mol. The van der Waals surface area contributed by atoms with E-state index in [9.17, 15) is 5.11 Å². The summed E-state index contributed by atoms with van der Waals surface area (Å²) in [4.78, 5) is 0. The van der Waals surface area contributed by atoms with Crippen LogP contribution in [-0.4, -0.2) is 27.4 Å². The van der Waals surface area contributed by atoms with Gasteiger partial charge in [-0.2, -0.15) is 0 Å². The van der Waals surface area contributed by atoms with Crippen LogP contribution >= 0.6 is 11.3 Å². The number of nitrogens with one attached hydrogen (secondary N) is 1. The summed E-state index contributed by atoms with van der Waals surface area (Å²) in [6.07, 6.45) is 4.00. The molecule has 0 unspecified atom stereocenters. The molecule has 1 aromatic rings. The van der Waals surface area contributed by atoms with Gasteiger partial charge in [0.15, 0.2) is 0 Å². The molecule has 0 radical (unpaired) electrons. The maximum absolute atomic E-state index is 9.84. The summed E-state index contributed by atoms with van der Waals surface area (Å²) in [5.41, 5.74) is 0. The highest BCUT2D eigenvalue weighted by Crippen LogP contribution is 2.26. The van der Waals surface area contributed by atoms with Crippen molar-refractivity contribution in [2.24, 2.45) is 0 Å². The van der Waals surface area contributed by atoms with E-state index in [1.807, 2.05) is 0 Å². The average Bonchev–Trinajstić information content (AvgIpc) is 2.70. The van der Waals surface area contributed by atoms with Gasteiger partial charge < -0.3 is 10.4 Å². The van der Waals surface area contributed by atoms with E-state index in [0.29, 0.717) is 5.92 Å². The smallest absolute Gasteiger partial charge is 0.205 e. The highest BCUT2D eigenvalue weighted by atomic mass is 32.1. The van der Waals surface area contributed by atoms with Gasteiger partial charge in [-0.1, -0.05) is 38.0 Å². The third-order valence-electron chi connectivity index (χ3n) is 2.97. The van der Waals surface area contributed by atoms with Crippen LogP contribution in [0.1, 0.15) is 50.5 Å². The molecule has 0 amide bonds. The second kappa shape index (κ2) is 5.10. The Labute approximate surface area is 100 Å². The van der Waals surface area contributed by atoms with Crippen LogP contribution in [0.4, 0.5) is 5.13 Å². The third kappa shape index (κ3) is 2.71. The molecule has 5 heteroatoms. The van der Waals surface area contributed by atoms with Gasteiger partial charge in [-0.3, -0.25) is 0 Å². The number of rotatable bonds is 3. The minimum atomic E-state index is -0.236. The third-order valence-corrected chi connectivity index (χ3v) is 4.13. The molecule has 0 spiro atoms. The van der Waals surface area contributed by atoms with Crippen LogP contribution < -0.4 is 5.32 Å². The molecule has 1 aliphatic rings. The Kier molecular flexibility index (Phi) is 3.76. The molecule has 1 saturated carbocycles. The molecule has 1 heterocycles. The normalized spacial score (nSPS) is 26.0. The van der Waals surface area contributed by atoms with Crippen molar-refractivity contribution in [2.45, 2.75) is 57.6 Å². The summed E-state index contributed by atoms with van der Waals surface area (Å²) in [6, 6.07) is 0.154. The number of aromatic nitrogens is 2. The molecule has 16 heavy (non-hydrogen) atoms. The zero-order valence-corrected chi connectivity index (χ0v) is 10.6. The van der Waals surface area contributed by atoms with E-state index < -0.39 is 0 Å². The molecular formula is C11H19N3OS. The zero-order valence-electron chi connectivity index (χ0n) is 9.81. The van der Waals surface area contributed by atoms with E-state index in [4.69, 9.17) is 0 Å². The molecule has 2 atom stereocenters. The topological polar surface area (TPSA) is 58.0 Å². The Morgan fingerprint density at radius 3 is 2.69 bits per heavy atom. The molecular weight excluding hydrogens is 222 g/mol. The molecule has 1 aliphatic carbocycles. The Morgan fingerprint density at radius 2 is 2.06 bits per heavy atom. The lowest BCUT2D eigenvalue weighted by Crippen LogP contribution is -2.36. The van der Waals surface area contributed by atoms with Crippen LogP contribution in [0.3, 0.4) is 0 Å². The van der Waals surface area contributed by atoms with E-state index in [0.717, 1.165) is 29.4 Å². The van der Waals surface area contributed by atoms with Gasteiger partial charge in [-0.15, -0.1) is 10.2 Å². The van der Waals surface area contributed by atoms with E-state index in [1.165, 1.54) is 6.42 Å². The molecule has 1 aromatic heterocycles. The fourth-order valence-electron chi connectivity index (χ4n) is 1.96. The molecule has 2 rings (SSSR count). The van der Waals surface area contributed by atoms with Crippen molar-refractivity contribution in [1.29, 1.82) is 0 Å². The second-order valence-electron chi connectivity index (χ2n) is 4.70. The Morgan fingerprint density at radius 1 is 1.31 bits per heavy atom. The van der Waals surface area contributed by atoms with Gasteiger partial charge in [0.1, 0.15) is 5.01 Å². The van der Waals surface area contributed by atoms with Gasteiger partial charge in [0.05, 0.1) is 12.1 Å². The summed E-state index contributed by atoms with van der Waals surface area (Å²) in [6.45, 7) is 4.22. The first-order valence-corrected chi connectivity index (χ1v) is 6.76. The Hall–Kier alpha value is -0.680. The van der Waals surface area contributed by atoms with Gasteiger partial charge >= 0.3 is 0 Å². The van der Waals surface area contributed by atoms with Crippen molar-refractivity contribution in [3.63, 3.8) is 0 Å². The first-order valence-electron chi connectivity index (χ1n) is 5.95. The first-order chi connectivity index (χ1) is 7.66. The maximum atomic E-state index is 9.84. The van der Waals surface area contributed by atoms with Crippen molar-refractivity contribution in [2.75, 3.05) is 5.32 Å². The molecule has 4 nitrogen and oxygen atoms in total. The number of hydrogen-bond donors (Lipinski definition) is 2. The van der Waals surface area contributed by atoms with Crippen LogP contribution in [0, 0.1) is 0 Å².